The maximum atomic E-state index is 8.99. The number of ether oxygens (including phenoxy) is 3. The van der Waals surface area contributed by atoms with Crippen molar-refractivity contribution in [2.24, 2.45) is 0 Å². The molecule has 0 bridgehead atoms. The molecule has 1 aromatic heterocycles. The van der Waals surface area contributed by atoms with Crippen molar-refractivity contribution in [3.8, 4) is 17.2 Å². The van der Waals surface area contributed by atoms with Gasteiger partial charge in [0.2, 0.25) is 0 Å². The number of benzene rings is 2. The van der Waals surface area contributed by atoms with E-state index in [1.807, 2.05) is 24.3 Å². The molecule has 7 nitrogen and oxygen atoms in total. The molecule has 0 saturated heterocycles. The number of methoxy groups -OCH3 is 2. The van der Waals surface area contributed by atoms with E-state index >= 15 is 0 Å². The number of hydrogen-bond donors (Lipinski definition) is 2. The molecular formula is C19H20N3O4. The summed E-state index contributed by atoms with van der Waals surface area (Å²) in [5.74, 6) is 2.07. The minimum Gasteiger partial charge on any atom is -0.497 e. The van der Waals surface area contributed by atoms with Gasteiger partial charge in [-0.25, -0.2) is 9.97 Å². The molecule has 0 saturated carbocycles. The second kappa shape index (κ2) is 8.35. The molecular weight excluding hydrogens is 334 g/mol. The second-order valence-corrected chi connectivity index (χ2v) is 5.43. The van der Waals surface area contributed by atoms with Crippen LogP contribution in [0, 0.1) is 6.20 Å². The number of aliphatic hydroxyl groups is 1. The van der Waals surface area contributed by atoms with Gasteiger partial charge in [0, 0.05) is 25.2 Å². The predicted molar refractivity (Wildman–Crippen MR) is 98.4 cm³/mol. The van der Waals surface area contributed by atoms with Crippen LogP contribution in [-0.2, 0) is 0 Å². The Morgan fingerprint density at radius 2 is 1.92 bits per heavy atom. The number of aromatic nitrogens is 2. The van der Waals surface area contributed by atoms with Crippen molar-refractivity contribution >= 4 is 22.5 Å². The van der Waals surface area contributed by atoms with Gasteiger partial charge in [-0.2, -0.15) is 0 Å². The van der Waals surface area contributed by atoms with Gasteiger partial charge in [0.25, 0.3) is 0 Å². The van der Waals surface area contributed by atoms with Gasteiger partial charge in [-0.3, -0.25) is 0 Å². The third kappa shape index (κ3) is 3.94. The van der Waals surface area contributed by atoms with E-state index in [1.165, 1.54) is 0 Å². The Balaban J connectivity index is 1.97. The maximum Gasteiger partial charge on any atom is 0.184 e. The van der Waals surface area contributed by atoms with E-state index in [-0.39, 0.29) is 6.61 Å². The zero-order chi connectivity index (χ0) is 18.4. The number of anilines is 2. The SMILES string of the molecule is COc1cc(Nc2[c]nc3ccccc3n2)c(OCCCO)c(OC)c1. The molecule has 0 aliphatic rings. The summed E-state index contributed by atoms with van der Waals surface area (Å²) in [5, 5.41) is 12.2. The molecule has 0 aliphatic carbocycles. The number of para-hydroxylation sites is 2. The fourth-order valence-corrected chi connectivity index (χ4v) is 2.42. The Bertz CT molecular complexity index is 886. The van der Waals surface area contributed by atoms with E-state index in [2.05, 4.69) is 21.5 Å². The van der Waals surface area contributed by atoms with Crippen LogP contribution in [0.15, 0.2) is 36.4 Å². The average Bonchev–Trinajstić information content (AvgIpc) is 2.68. The van der Waals surface area contributed by atoms with Crippen LogP contribution in [-0.4, -0.2) is 42.5 Å². The quantitative estimate of drug-likeness (QED) is 0.602. The Hall–Kier alpha value is -3.06. The van der Waals surface area contributed by atoms with Crippen molar-refractivity contribution in [3.63, 3.8) is 0 Å². The largest absolute Gasteiger partial charge is 0.497 e. The first kappa shape index (κ1) is 17.8. The van der Waals surface area contributed by atoms with Crippen LogP contribution >= 0.6 is 0 Å². The summed E-state index contributed by atoms with van der Waals surface area (Å²) in [6.07, 6.45) is 3.39. The van der Waals surface area contributed by atoms with E-state index in [4.69, 9.17) is 19.3 Å². The molecule has 7 heteroatoms. The van der Waals surface area contributed by atoms with E-state index in [9.17, 15) is 0 Å². The van der Waals surface area contributed by atoms with Crippen LogP contribution in [0.25, 0.3) is 11.0 Å². The number of nitrogens with zero attached hydrogens (tertiary/aromatic N) is 2. The third-order valence-electron chi connectivity index (χ3n) is 3.68. The van der Waals surface area contributed by atoms with Gasteiger partial charge < -0.3 is 24.6 Å². The Labute approximate surface area is 151 Å². The van der Waals surface area contributed by atoms with E-state index in [1.54, 1.807) is 26.4 Å². The number of rotatable bonds is 8. The third-order valence-corrected chi connectivity index (χ3v) is 3.68. The second-order valence-electron chi connectivity index (χ2n) is 5.43. The number of aliphatic hydroxyl groups excluding tert-OH is 1. The van der Waals surface area contributed by atoms with Crippen LogP contribution in [0.1, 0.15) is 6.42 Å². The fourth-order valence-electron chi connectivity index (χ4n) is 2.42. The summed E-state index contributed by atoms with van der Waals surface area (Å²) in [6, 6.07) is 11.1. The van der Waals surface area contributed by atoms with Crippen LogP contribution in [0.5, 0.6) is 17.2 Å². The van der Waals surface area contributed by atoms with Gasteiger partial charge in [0.1, 0.15) is 11.9 Å². The number of hydrogen-bond acceptors (Lipinski definition) is 7. The molecule has 0 spiro atoms. The molecule has 3 aromatic rings. The summed E-state index contributed by atoms with van der Waals surface area (Å²) in [4.78, 5) is 8.79. The molecule has 0 unspecified atom stereocenters. The van der Waals surface area contributed by atoms with Gasteiger partial charge >= 0.3 is 0 Å². The minimum absolute atomic E-state index is 0.0468. The zero-order valence-electron chi connectivity index (χ0n) is 14.7. The van der Waals surface area contributed by atoms with E-state index < -0.39 is 0 Å². The van der Waals surface area contributed by atoms with Gasteiger partial charge in [0.05, 0.1) is 37.5 Å². The van der Waals surface area contributed by atoms with Crippen LogP contribution in [0.3, 0.4) is 0 Å². The van der Waals surface area contributed by atoms with E-state index in [0.717, 1.165) is 11.0 Å². The minimum atomic E-state index is 0.0468. The molecule has 2 aromatic carbocycles. The number of nitrogens with one attached hydrogen (secondary N) is 1. The van der Waals surface area contributed by atoms with Crippen LogP contribution in [0.2, 0.25) is 0 Å². The van der Waals surface area contributed by atoms with Gasteiger partial charge in [-0.1, -0.05) is 12.1 Å². The van der Waals surface area contributed by atoms with E-state index in [0.29, 0.717) is 41.8 Å². The molecule has 2 N–H and O–H groups in total. The van der Waals surface area contributed by atoms with Gasteiger partial charge in [0.15, 0.2) is 17.3 Å². The molecule has 1 radical (unpaired) electrons. The first-order valence-electron chi connectivity index (χ1n) is 8.16. The Morgan fingerprint density at radius 1 is 1.12 bits per heavy atom. The Morgan fingerprint density at radius 3 is 2.65 bits per heavy atom. The summed E-state index contributed by atoms with van der Waals surface area (Å²) in [7, 11) is 3.13. The highest BCUT2D eigenvalue weighted by atomic mass is 16.5. The summed E-state index contributed by atoms with van der Waals surface area (Å²) in [6.45, 7) is 0.395. The van der Waals surface area contributed by atoms with Gasteiger partial charge in [-0.05, 0) is 12.1 Å². The maximum absolute atomic E-state index is 8.99. The zero-order valence-corrected chi connectivity index (χ0v) is 14.7. The molecule has 0 amide bonds. The summed E-state index contributed by atoms with van der Waals surface area (Å²) >= 11 is 0. The lowest BCUT2D eigenvalue weighted by Crippen LogP contribution is -2.05. The highest BCUT2D eigenvalue weighted by Crippen LogP contribution is 2.40. The highest BCUT2D eigenvalue weighted by Gasteiger charge is 2.15. The van der Waals surface area contributed by atoms with Crippen molar-refractivity contribution < 1.29 is 19.3 Å². The smallest absolute Gasteiger partial charge is 0.184 e. The number of fused-ring (bicyclic) bond motifs is 1. The molecule has 1 heterocycles. The highest BCUT2D eigenvalue weighted by molar-refractivity contribution is 5.77. The monoisotopic (exact) mass is 354 g/mol. The van der Waals surface area contributed by atoms with Crippen LogP contribution < -0.4 is 19.5 Å². The summed E-state index contributed by atoms with van der Waals surface area (Å²) in [5.41, 5.74) is 2.13. The molecule has 26 heavy (non-hydrogen) atoms. The average molecular weight is 354 g/mol. The van der Waals surface area contributed by atoms with Crippen molar-refractivity contribution in [1.82, 2.24) is 9.97 Å². The molecule has 0 aliphatic heterocycles. The topological polar surface area (TPSA) is 85.7 Å². The fraction of sp³-hybridized carbons (Fsp3) is 0.263. The van der Waals surface area contributed by atoms with Crippen molar-refractivity contribution in [2.75, 3.05) is 32.8 Å². The molecule has 0 atom stereocenters. The lowest BCUT2D eigenvalue weighted by molar-refractivity contribution is 0.228. The standard InChI is InChI=1S/C19H20N3O4/c1-24-13-10-16(19(17(11-13)25-2)26-9-5-8-23)22-18-12-20-14-6-3-4-7-15(14)21-18/h3-4,6-7,10-11,23H,5,8-9H2,1-2H3,(H,21,22). The summed E-state index contributed by atoms with van der Waals surface area (Å²) < 4.78 is 16.5. The first-order chi connectivity index (χ1) is 12.7. The lowest BCUT2D eigenvalue weighted by atomic mass is 10.2. The lowest BCUT2D eigenvalue weighted by Gasteiger charge is -2.17. The van der Waals surface area contributed by atoms with Crippen LogP contribution in [0.4, 0.5) is 11.5 Å². The Kier molecular flexibility index (Phi) is 5.70. The van der Waals surface area contributed by atoms with Gasteiger partial charge in [-0.15, -0.1) is 0 Å². The van der Waals surface area contributed by atoms with Crippen molar-refractivity contribution in [2.45, 2.75) is 6.42 Å². The van der Waals surface area contributed by atoms with Crippen molar-refractivity contribution in [3.05, 3.63) is 42.6 Å². The predicted octanol–water partition coefficient (Wildman–Crippen LogP) is 2.95. The first-order valence-corrected chi connectivity index (χ1v) is 8.16. The molecule has 3 rings (SSSR count). The normalized spacial score (nSPS) is 10.6. The van der Waals surface area contributed by atoms with Crippen molar-refractivity contribution in [1.29, 1.82) is 0 Å². The molecule has 0 fully saturated rings. The molecule has 135 valence electrons.